The predicted molar refractivity (Wildman–Crippen MR) is 33.6 cm³/mol. The van der Waals surface area contributed by atoms with E-state index in [1.54, 1.807) is 0 Å². The summed E-state index contributed by atoms with van der Waals surface area (Å²) in [6.45, 7) is 1.99. The van der Waals surface area contributed by atoms with Crippen molar-refractivity contribution < 1.29 is 5.11 Å². The van der Waals surface area contributed by atoms with Gasteiger partial charge in [0, 0.05) is 0 Å². The molecule has 0 amide bonds. The van der Waals surface area contributed by atoms with Crippen molar-refractivity contribution >= 4 is 0 Å². The Morgan fingerprint density at radius 1 is 1.75 bits per heavy atom. The minimum Gasteiger partial charge on any atom is -0.389 e. The van der Waals surface area contributed by atoms with Crippen molar-refractivity contribution in [2.24, 2.45) is 0 Å². The minimum absolute atomic E-state index is 0.111. The molecule has 1 atom stereocenters. The summed E-state index contributed by atoms with van der Waals surface area (Å²) in [6, 6.07) is 0. The molecule has 1 fully saturated rings. The molecule has 1 rings (SSSR count). The lowest BCUT2D eigenvalue weighted by atomic mass is 10.2. The average Bonchev–Trinajstić information content (AvgIpc) is 2.14. The lowest BCUT2D eigenvalue weighted by Crippen LogP contribution is -1.99. The molecule has 1 saturated carbocycles. The smallest absolute Gasteiger partial charge is 0.0750 e. The molecule has 0 saturated heterocycles. The summed E-state index contributed by atoms with van der Waals surface area (Å²) in [5.41, 5.74) is 1.23. The van der Waals surface area contributed by atoms with Crippen molar-refractivity contribution in [2.45, 2.75) is 32.3 Å². The molecule has 1 aliphatic rings. The van der Waals surface area contributed by atoms with Gasteiger partial charge in [-0.05, 0) is 31.8 Å². The van der Waals surface area contributed by atoms with E-state index in [-0.39, 0.29) is 6.10 Å². The zero-order valence-electron chi connectivity index (χ0n) is 5.22. The van der Waals surface area contributed by atoms with E-state index in [2.05, 4.69) is 0 Å². The van der Waals surface area contributed by atoms with Gasteiger partial charge in [-0.1, -0.05) is 6.08 Å². The summed E-state index contributed by atoms with van der Waals surface area (Å²) in [6.07, 6.45) is 5.16. The van der Waals surface area contributed by atoms with Crippen LogP contribution < -0.4 is 0 Å². The normalized spacial score (nSPS) is 34.2. The summed E-state index contributed by atoms with van der Waals surface area (Å²) in [4.78, 5) is 0. The van der Waals surface area contributed by atoms with Crippen LogP contribution in [0.15, 0.2) is 11.6 Å². The summed E-state index contributed by atoms with van der Waals surface area (Å²) in [5, 5.41) is 9.12. The second-order valence-corrected chi connectivity index (χ2v) is 2.27. The van der Waals surface area contributed by atoms with Gasteiger partial charge < -0.3 is 5.11 Å². The molecule has 0 radical (unpaired) electrons. The van der Waals surface area contributed by atoms with Gasteiger partial charge in [-0.15, -0.1) is 0 Å². The monoisotopic (exact) mass is 112 g/mol. The third-order valence-corrected chi connectivity index (χ3v) is 1.74. The van der Waals surface area contributed by atoms with E-state index in [1.165, 1.54) is 12.0 Å². The van der Waals surface area contributed by atoms with Crippen LogP contribution in [-0.4, -0.2) is 11.2 Å². The second-order valence-electron chi connectivity index (χ2n) is 2.27. The molecular weight excluding hydrogens is 100 g/mol. The number of rotatable bonds is 0. The van der Waals surface area contributed by atoms with Crippen molar-refractivity contribution in [3.8, 4) is 0 Å². The van der Waals surface area contributed by atoms with E-state index < -0.39 is 0 Å². The zero-order chi connectivity index (χ0) is 5.98. The van der Waals surface area contributed by atoms with Crippen molar-refractivity contribution in [3.63, 3.8) is 0 Å². The largest absolute Gasteiger partial charge is 0.389 e. The molecule has 8 heavy (non-hydrogen) atoms. The maximum atomic E-state index is 9.12. The van der Waals surface area contributed by atoms with Crippen LogP contribution in [0.5, 0.6) is 0 Å². The van der Waals surface area contributed by atoms with Crippen LogP contribution in [0.3, 0.4) is 0 Å². The van der Waals surface area contributed by atoms with Crippen LogP contribution in [0, 0.1) is 0 Å². The van der Waals surface area contributed by atoms with E-state index >= 15 is 0 Å². The van der Waals surface area contributed by atoms with Crippen LogP contribution in [-0.2, 0) is 0 Å². The van der Waals surface area contributed by atoms with E-state index in [0.29, 0.717) is 0 Å². The molecule has 1 heteroatoms. The first-order valence-electron chi connectivity index (χ1n) is 3.17. The summed E-state index contributed by atoms with van der Waals surface area (Å²) < 4.78 is 0. The number of hydrogen-bond acceptors (Lipinski definition) is 1. The molecule has 1 N–H and O–H groups in total. The number of aliphatic hydroxyl groups excluding tert-OH is 1. The van der Waals surface area contributed by atoms with Gasteiger partial charge in [-0.25, -0.2) is 0 Å². The van der Waals surface area contributed by atoms with Crippen LogP contribution in [0.2, 0.25) is 0 Å². The van der Waals surface area contributed by atoms with Gasteiger partial charge in [0.15, 0.2) is 0 Å². The molecule has 0 aromatic heterocycles. The van der Waals surface area contributed by atoms with Gasteiger partial charge in [0.05, 0.1) is 6.10 Å². The maximum Gasteiger partial charge on any atom is 0.0750 e. The van der Waals surface area contributed by atoms with Crippen LogP contribution in [0.4, 0.5) is 0 Å². The van der Waals surface area contributed by atoms with Crippen molar-refractivity contribution in [2.75, 3.05) is 0 Å². The first-order chi connectivity index (χ1) is 3.84. The number of allylic oxidation sites excluding steroid dienone is 1. The van der Waals surface area contributed by atoms with E-state index in [4.69, 9.17) is 5.11 Å². The highest BCUT2D eigenvalue weighted by atomic mass is 16.3. The molecule has 46 valence electrons. The van der Waals surface area contributed by atoms with Crippen molar-refractivity contribution in [1.82, 2.24) is 0 Å². The van der Waals surface area contributed by atoms with Gasteiger partial charge in [0.1, 0.15) is 0 Å². The quantitative estimate of drug-likeness (QED) is 0.470. The molecule has 0 aliphatic heterocycles. The van der Waals surface area contributed by atoms with Crippen LogP contribution >= 0.6 is 0 Å². The Hall–Kier alpha value is -0.300. The Bertz CT molecular complexity index is 105. The topological polar surface area (TPSA) is 20.2 Å². The number of hydrogen-bond donors (Lipinski definition) is 1. The molecule has 0 aromatic carbocycles. The molecule has 0 aromatic rings. The molecule has 0 bridgehead atoms. The van der Waals surface area contributed by atoms with Gasteiger partial charge >= 0.3 is 0 Å². The Labute approximate surface area is 50.0 Å². The lowest BCUT2D eigenvalue weighted by molar-refractivity contribution is 0.218. The molecule has 1 aliphatic carbocycles. The predicted octanol–water partition coefficient (Wildman–Crippen LogP) is 1.48. The summed E-state index contributed by atoms with van der Waals surface area (Å²) >= 11 is 0. The van der Waals surface area contributed by atoms with Gasteiger partial charge in [0.2, 0.25) is 0 Å². The van der Waals surface area contributed by atoms with Crippen molar-refractivity contribution in [3.05, 3.63) is 11.6 Å². The highest BCUT2D eigenvalue weighted by Crippen LogP contribution is 2.23. The van der Waals surface area contributed by atoms with E-state index in [0.717, 1.165) is 12.8 Å². The van der Waals surface area contributed by atoms with E-state index in [1.807, 2.05) is 13.0 Å². The molecule has 1 nitrogen and oxygen atoms in total. The van der Waals surface area contributed by atoms with Gasteiger partial charge in [-0.3, -0.25) is 0 Å². The van der Waals surface area contributed by atoms with Crippen LogP contribution in [0.1, 0.15) is 26.2 Å². The second kappa shape index (κ2) is 2.31. The first-order valence-corrected chi connectivity index (χ1v) is 3.17. The summed E-state index contributed by atoms with van der Waals surface area (Å²) in [5.74, 6) is 0. The number of aliphatic hydroxyl groups is 1. The first kappa shape index (κ1) is 5.83. The standard InChI is InChI=1S/C7H12O/c1-2-6-4-3-5-7(6)8/h2,7-8H,3-5H2,1H3/b6-2-/t7-/m0/s1. The average molecular weight is 112 g/mol. The van der Waals surface area contributed by atoms with E-state index in [9.17, 15) is 0 Å². The third kappa shape index (κ3) is 0.920. The zero-order valence-corrected chi connectivity index (χ0v) is 5.22. The summed E-state index contributed by atoms with van der Waals surface area (Å²) in [7, 11) is 0. The Morgan fingerprint density at radius 3 is 2.75 bits per heavy atom. The third-order valence-electron chi connectivity index (χ3n) is 1.74. The van der Waals surface area contributed by atoms with Gasteiger partial charge in [-0.2, -0.15) is 0 Å². The highest BCUT2D eigenvalue weighted by Gasteiger charge is 2.15. The fourth-order valence-corrected chi connectivity index (χ4v) is 1.19. The molecule has 0 unspecified atom stereocenters. The SMILES string of the molecule is C/C=C1/CCC[C@@H]1O. The molecular formula is C7H12O. The fraction of sp³-hybridized carbons (Fsp3) is 0.714. The maximum absolute atomic E-state index is 9.12. The molecule has 0 heterocycles. The van der Waals surface area contributed by atoms with Gasteiger partial charge in [0.25, 0.3) is 0 Å². The Morgan fingerprint density at radius 2 is 2.50 bits per heavy atom. The Kier molecular flexibility index (Phi) is 1.69. The lowest BCUT2D eigenvalue weighted by Gasteiger charge is -1.99. The van der Waals surface area contributed by atoms with Crippen LogP contribution in [0.25, 0.3) is 0 Å². The fourth-order valence-electron chi connectivity index (χ4n) is 1.19. The minimum atomic E-state index is -0.111. The molecule has 0 spiro atoms. The van der Waals surface area contributed by atoms with Crippen molar-refractivity contribution in [1.29, 1.82) is 0 Å². The highest BCUT2D eigenvalue weighted by molar-refractivity contribution is 5.10. The Balaban J connectivity index is 2.55.